The lowest BCUT2D eigenvalue weighted by Crippen LogP contribution is -2.40. The molecule has 2 aromatic rings. The van der Waals surface area contributed by atoms with E-state index in [-0.39, 0.29) is 18.6 Å². The summed E-state index contributed by atoms with van der Waals surface area (Å²) in [6.45, 7) is 4.86. The SMILES string of the molecule is COc1ccc(OCC(=O)NC[C@H](c2ccc(C)cc2)N2CCCCCC2)cc1. The molecule has 5 heteroatoms. The number of methoxy groups -OCH3 is 1. The van der Waals surface area contributed by atoms with Crippen LogP contribution in [0, 0.1) is 6.92 Å². The van der Waals surface area contributed by atoms with Crippen LogP contribution in [0.25, 0.3) is 0 Å². The van der Waals surface area contributed by atoms with Gasteiger partial charge in [-0.25, -0.2) is 0 Å². The molecule has 1 saturated heterocycles. The number of benzene rings is 2. The zero-order valence-corrected chi connectivity index (χ0v) is 17.5. The number of carbonyl (C=O) groups is 1. The van der Waals surface area contributed by atoms with Crippen molar-refractivity contribution in [3.8, 4) is 11.5 Å². The Kier molecular flexibility index (Phi) is 7.94. The van der Waals surface area contributed by atoms with Crippen molar-refractivity contribution in [1.82, 2.24) is 10.2 Å². The fourth-order valence-electron chi connectivity index (χ4n) is 3.74. The second-order valence-corrected chi connectivity index (χ2v) is 7.64. The minimum absolute atomic E-state index is 0.00689. The monoisotopic (exact) mass is 396 g/mol. The predicted octanol–water partition coefficient (Wildman–Crippen LogP) is 4.12. The Hall–Kier alpha value is -2.53. The quantitative estimate of drug-likeness (QED) is 0.729. The fourth-order valence-corrected chi connectivity index (χ4v) is 3.74. The van der Waals surface area contributed by atoms with E-state index in [0.29, 0.717) is 12.3 Å². The molecule has 1 atom stereocenters. The summed E-state index contributed by atoms with van der Waals surface area (Å²) in [4.78, 5) is 14.9. The van der Waals surface area contributed by atoms with Crippen molar-refractivity contribution in [2.24, 2.45) is 0 Å². The van der Waals surface area contributed by atoms with Crippen molar-refractivity contribution >= 4 is 5.91 Å². The highest BCUT2D eigenvalue weighted by molar-refractivity contribution is 5.77. The molecular formula is C24H32N2O3. The Bertz CT molecular complexity index is 751. The first-order valence-corrected chi connectivity index (χ1v) is 10.5. The summed E-state index contributed by atoms with van der Waals surface area (Å²) >= 11 is 0. The smallest absolute Gasteiger partial charge is 0.258 e. The lowest BCUT2D eigenvalue weighted by molar-refractivity contribution is -0.123. The molecule has 1 amide bonds. The van der Waals surface area contributed by atoms with Gasteiger partial charge in [-0.3, -0.25) is 9.69 Å². The fraction of sp³-hybridized carbons (Fsp3) is 0.458. The van der Waals surface area contributed by atoms with E-state index in [4.69, 9.17) is 9.47 Å². The number of nitrogens with zero attached hydrogens (tertiary/aromatic N) is 1. The Morgan fingerprint density at radius 2 is 1.59 bits per heavy atom. The van der Waals surface area contributed by atoms with Gasteiger partial charge < -0.3 is 14.8 Å². The highest BCUT2D eigenvalue weighted by atomic mass is 16.5. The third-order valence-corrected chi connectivity index (χ3v) is 5.47. The minimum atomic E-state index is -0.104. The molecule has 1 N–H and O–H groups in total. The number of ether oxygens (including phenoxy) is 2. The van der Waals surface area contributed by atoms with E-state index in [2.05, 4.69) is 41.4 Å². The molecule has 0 spiro atoms. The molecule has 2 aromatic carbocycles. The molecule has 1 heterocycles. The van der Waals surface area contributed by atoms with Gasteiger partial charge in [0.2, 0.25) is 0 Å². The van der Waals surface area contributed by atoms with Crippen LogP contribution in [0.1, 0.15) is 42.9 Å². The number of hydrogen-bond donors (Lipinski definition) is 1. The highest BCUT2D eigenvalue weighted by Gasteiger charge is 2.22. The number of likely N-dealkylation sites (tertiary alicyclic amines) is 1. The van der Waals surface area contributed by atoms with Crippen LogP contribution in [0.15, 0.2) is 48.5 Å². The standard InChI is InChI=1S/C24H32N2O3/c1-19-7-9-20(10-8-19)23(26-15-5-3-4-6-16-26)17-25-24(27)18-29-22-13-11-21(28-2)12-14-22/h7-14,23H,3-6,15-18H2,1-2H3,(H,25,27)/t23-/m1/s1. The summed E-state index contributed by atoms with van der Waals surface area (Å²) in [5, 5.41) is 3.08. The number of nitrogens with one attached hydrogen (secondary N) is 1. The first-order valence-electron chi connectivity index (χ1n) is 10.5. The molecule has 1 fully saturated rings. The van der Waals surface area contributed by atoms with Gasteiger partial charge in [-0.05, 0) is 62.7 Å². The van der Waals surface area contributed by atoms with Crippen LogP contribution in [0.2, 0.25) is 0 Å². The van der Waals surface area contributed by atoms with Crippen LogP contribution in [0.5, 0.6) is 11.5 Å². The van der Waals surface area contributed by atoms with E-state index < -0.39 is 0 Å². The number of hydrogen-bond acceptors (Lipinski definition) is 4. The van der Waals surface area contributed by atoms with Crippen molar-refractivity contribution < 1.29 is 14.3 Å². The van der Waals surface area contributed by atoms with E-state index in [1.165, 1.54) is 36.8 Å². The van der Waals surface area contributed by atoms with Gasteiger partial charge >= 0.3 is 0 Å². The number of carbonyl (C=O) groups excluding carboxylic acids is 1. The molecule has 1 aliphatic heterocycles. The van der Waals surface area contributed by atoms with E-state index >= 15 is 0 Å². The Labute approximate surface area is 174 Å². The summed E-state index contributed by atoms with van der Waals surface area (Å²) in [5.41, 5.74) is 2.51. The van der Waals surface area contributed by atoms with Crippen molar-refractivity contribution in [2.45, 2.75) is 38.6 Å². The van der Waals surface area contributed by atoms with E-state index in [1.807, 2.05) is 12.1 Å². The molecule has 0 radical (unpaired) electrons. The molecule has 5 nitrogen and oxygen atoms in total. The predicted molar refractivity (Wildman–Crippen MR) is 115 cm³/mol. The van der Waals surface area contributed by atoms with Gasteiger partial charge in [-0.15, -0.1) is 0 Å². The van der Waals surface area contributed by atoms with Crippen LogP contribution in [-0.4, -0.2) is 44.2 Å². The Morgan fingerprint density at radius 3 is 2.21 bits per heavy atom. The van der Waals surface area contributed by atoms with Crippen molar-refractivity contribution in [3.63, 3.8) is 0 Å². The van der Waals surface area contributed by atoms with Gasteiger partial charge in [0.25, 0.3) is 5.91 Å². The van der Waals surface area contributed by atoms with Crippen LogP contribution in [0.4, 0.5) is 0 Å². The number of aryl methyl sites for hydroxylation is 1. The van der Waals surface area contributed by atoms with Gasteiger partial charge in [0.1, 0.15) is 11.5 Å². The summed E-state index contributed by atoms with van der Waals surface area (Å²) in [6, 6.07) is 16.1. The molecule has 0 aliphatic carbocycles. The molecule has 0 saturated carbocycles. The van der Waals surface area contributed by atoms with Crippen LogP contribution in [0.3, 0.4) is 0 Å². The average molecular weight is 397 g/mol. The van der Waals surface area contributed by atoms with Gasteiger partial charge in [0.15, 0.2) is 6.61 Å². The first kappa shape index (κ1) is 21.2. The summed E-state index contributed by atoms with van der Waals surface area (Å²) in [6.07, 6.45) is 5.02. The molecule has 0 aromatic heterocycles. The number of rotatable bonds is 8. The Morgan fingerprint density at radius 1 is 0.966 bits per heavy atom. The lowest BCUT2D eigenvalue weighted by Gasteiger charge is -2.31. The molecule has 0 unspecified atom stereocenters. The summed E-state index contributed by atoms with van der Waals surface area (Å²) < 4.78 is 10.7. The molecule has 156 valence electrons. The highest BCUT2D eigenvalue weighted by Crippen LogP contribution is 2.24. The van der Waals surface area contributed by atoms with E-state index in [9.17, 15) is 4.79 Å². The van der Waals surface area contributed by atoms with Crippen LogP contribution >= 0.6 is 0 Å². The molecular weight excluding hydrogens is 364 g/mol. The van der Waals surface area contributed by atoms with Crippen molar-refractivity contribution in [1.29, 1.82) is 0 Å². The van der Waals surface area contributed by atoms with Gasteiger partial charge in [-0.2, -0.15) is 0 Å². The van der Waals surface area contributed by atoms with Crippen molar-refractivity contribution in [2.75, 3.05) is 33.4 Å². The third kappa shape index (κ3) is 6.50. The average Bonchev–Trinajstić information content (AvgIpc) is 3.03. The van der Waals surface area contributed by atoms with Crippen LogP contribution in [-0.2, 0) is 4.79 Å². The minimum Gasteiger partial charge on any atom is -0.497 e. The van der Waals surface area contributed by atoms with Crippen molar-refractivity contribution in [3.05, 3.63) is 59.7 Å². The molecule has 3 rings (SSSR count). The lowest BCUT2D eigenvalue weighted by atomic mass is 10.0. The maximum Gasteiger partial charge on any atom is 0.258 e. The normalized spacial score (nSPS) is 15.9. The summed E-state index contributed by atoms with van der Waals surface area (Å²) in [7, 11) is 1.62. The molecule has 1 aliphatic rings. The zero-order chi connectivity index (χ0) is 20.5. The topological polar surface area (TPSA) is 50.8 Å². The maximum absolute atomic E-state index is 12.4. The van der Waals surface area contributed by atoms with Gasteiger partial charge in [0.05, 0.1) is 13.2 Å². The van der Waals surface area contributed by atoms with Gasteiger partial charge in [0, 0.05) is 6.54 Å². The molecule has 0 bridgehead atoms. The largest absolute Gasteiger partial charge is 0.497 e. The first-order chi connectivity index (χ1) is 14.2. The van der Waals surface area contributed by atoms with E-state index in [0.717, 1.165) is 18.8 Å². The van der Waals surface area contributed by atoms with Crippen LogP contribution < -0.4 is 14.8 Å². The second-order valence-electron chi connectivity index (χ2n) is 7.64. The van der Waals surface area contributed by atoms with Gasteiger partial charge in [-0.1, -0.05) is 42.7 Å². The second kappa shape index (κ2) is 10.9. The third-order valence-electron chi connectivity index (χ3n) is 5.47. The molecule has 29 heavy (non-hydrogen) atoms. The number of amides is 1. The van der Waals surface area contributed by atoms with E-state index in [1.54, 1.807) is 19.2 Å². The maximum atomic E-state index is 12.4. The zero-order valence-electron chi connectivity index (χ0n) is 17.5. The summed E-state index contributed by atoms with van der Waals surface area (Å²) in [5.74, 6) is 1.32. The Balaban J connectivity index is 1.57.